The van der Waals surface area contributed by atoms with Gasteiger partial charge < -0.3 is 10.2 Å². The van der Waals surface area contributed by atoms with E-state index in [9.17, 15) is 0 Å². The molecule has 7 heteroatoms. The second-order valence-electron chi connectivity index (χ2n) is 5.06. The van der Waals surface area contributed by atoms with E-state index in [1.165, 1.54) is 6.42 Å². The Morgan fingerprint density at radius 1 is 1.35 bits per heavy atom. The molecule has 2 aromatic rings. The van der Waals surface area contributed by atoms with Gasteiger partial charge in [0.15, 0.2) is 0 Å². The van der Waals surface area contributed by atoms with Crippen LogP contribution < -0.4 is 10.2 Å². The van der Waals surface area contributed by atoms with Gasteiger partial charge in [0.1, 0.15) is 0 Å². The van der Waals surface area contributed by atoms with Gasteiger partial charge in [-0.2, -0.15) is 0 Å². The molecular weight excluding hydrogens is 254 g/mol. The van der Waals surface area contributed by atoms with E-state index in [4.69, 9.17) is 0 Å². The lowest BCUT2D eigenvalue weighted by atomic mass is 10.1. The first-order chi connectivity index (χ1) is 9.83. The average molecular weight is 273 g/mol. The van der Waals surface area contributed by atoms with Gasteiger partial charge in [0.05, 0.1) is 11.9 Å². The van der Waals surface area contributed by atoms with E-state index in [1.54, 1.807) is 23.3 Å². The van der Waals surface area contributed by atoms with Crippen molar-refractivity contribution < 1.29 is 0 Å². The van der Waals surface area contributed by atoms with Crippen molar-refractivity contribution in [1.29, 1.82) is 0 Å². The molecule has 1 atom stereocenters. The fraction of sp³-hybridized carbons (Fsp3) is 0.538. The molecule has 1 fully saturated rings. The average Bonchev–Trinajstić information content (AvgIpc) is 2.92. The molecule has 3 heterocycles. The molecule has 7 nitrogen and oxygen atoms in total. The predicted octanol–water partition coefficient (Wildman–Crippen LogP) is 0.364. The van der Waals surface area contributed by atoms with Crippen LogP contribution >= 0.6 is 0 Å². The van der Waals surface area contributed by atoms with E-state index in [1.807, 2.05) is 13.1 Å². The van der Waals surface area contributed by atoms with Crippen molar-refractivity contribution in [2.75, 3.05) is 18.0 Å². The zero-order valence-electron chi connectivity index (χ0n) is 11.6. The Hall–Kier alpha value is -2.02. The number of nitrogens with zero attached hydrogens (tertiary/aromatic N) is 6. The Morgan fingerprint density at radius 2 is 2.20 bits per heavy atom. The minimum Gasteiger partial charge on any atom is -0.339 e. The summed E-state index contributed by atoms with van der Waals surface area (Å²) in [6.07, 6.45) is 7.71. The third kappa shape index (κ3) is 2.93. The van der Waals surface area contributed by atoms with Crippen molar-refractivity contribution in [1.82, 2.24) is 30.3 Å². The topological polar surface area (TPSA) is 71.8 Å². The lowest BCUT2D eigenvalue weighted by Crippen LogP contribution is -2.46. The molecular formula is C13H19N7. The summed E-state index contributed by atoms with van der Waals surface area (Å²) in [7, 11) is 1.91. The maximum atomic E-state index is 4.32. The summed E-state index contributed by atoms with van der Waals surface area (Å²) in [6, 6.07) is 2.29. The van der Waals surface area contributed by atoms with Crippen LogP contribution in [0.15, 0.2) is 24.7 Å². The monoisotopic (exact) mass is 273 g/mol. The smallest absolute Gasteiger partial charge is 0.225 e. The van der Waals surface area contributed by atoms with E-state index in [0.29, 0.717) is 6.04 Å². The van der Waals surface area contributed by atoms with Gasteiger partial charge in [-0.3, -0.25) is 4.68 Å². The van der Waals surface area contributed by atoms with Crippen LogP contribution in [0.4, 0.5) is 5.95 Å². The summed E-state index contributed by atoms with van der Waals surface area (Å²) < 4.78 is 1.80. The van der Waals surface area contributed by atoms with Crippen LogP contribution in [0, 0.1) is 0 Å². The minimum absolute atomic E-state index is 0.447. The molecule has 20 heavy (non-hydrogen) atoms. The summed E-state index contributed by atoms with van der Waals surface area (Å²) in [5, 5.41) is 11.4. The molecule has 1 saturated heterocycles. The van der Waals surface area contributed by atoms with Gasteiger partial charge in [-0.15, -0.1) is 5.10 Å². The largest absolute Gasteiger partial charge is 0.339 e. The van der Waals surface area contributed by atoms with Gasteiger partial charge in [0.25, 0.3) is 0 Å². The third-order valence-corrected chi connectivity index (χ3v) is 3.64. The first-order valence-corrected chi connectivity index (χ1v) is 6.92. The first kappa shape index (κ1) is 13.0. The molecule has 1 aliphatic rings. The number of hydrogen-bond acceptors (Lipinski definition) is 6. The molecule has 1 unspecified atom stereocenters. The summed E-state index contributed by atoms with van der Waals surface area (Å²) in [5.74, 6) is 0.821. The Labute approximate surface area is 118 Å². The Balaban J connectivity index is 1.57. The van der Waals surface area contributed by atoms with Crippen LogP contribution in [0.2, 0.25) is 0 Å². The molecule has 0 amide bonds. The highest BCUT2D eigenvalue weighted by atomic mass is 15.4. The second kappa shape index (κ2) is 5.96. The molecule has 1 aliphatic heterocycles. The Bertz CT molecular complexity index is 539. The van der Waals surface area contributed by atoms with Gasteiger partial charge in [-0.1, -0.05) is 5.21 Å². The number of aromatic nitrogens is 5. The van der Waals surface area contributed by atoms with Crippen molar-refractivity contribution in [3.05, 3.63) is 30.4 Å². The molecule has 0 saturated carbocycles. The van der Waals surface area contributed by atoms with Gasteiger partial charge >= 0.3 is 0 Å². The van der Waals surface area contributed by atoms with Crippen LogP contribution in [0.1, 0.15) is 18.5 Å². The highest BCUT2D eigenvalue weighted by molar-refractivity contribution is 5.29. The fourth-order valence-corrected chi connectivity index (χ4v) is 2.50. The molecule has 2 aromatic heterocycles. The van der Waals surface area contributed by atoms with Crippen molar-refractivity contribution in [3.8, 4) is 0 Å². The molecule has 0 spiro atoms. The van der Waals surface area contributed by atoms with Gasteiger partial charge in [0.2, 0.25) is 5.95 Å². The molecule has 1 N–H and O–H groups in total. The maximum Gasteiger partial charge on any atom is 0.225 e. The van der Waals surface area contributed by atoms with Crippen molar-refractivity contribution >= 4 is 5.95 Å². The van der Waals surface area contributed by atoms with Gasteiger partial charge in [-0.05, 0) is 18.9 Å². The lowest BCUT2D eigenvalue weighted by Gasteiger charge is -2.33. The number of piperidine rings is 1. The summed E-state index contributed by atoms with van der Waals surface area (Å²) in [5.41, 5.74) is 1.10. The molecule has 106 valence electrons. The van der Waals surface area contributed by atoms with E-state index in [2.05, 4.69) is 30.5 Å². The lowest BCUT2D eigenvalue weighted by molar-refractivity contribution is 0.412. The van der Waals surface area contributed by atoms with Crippen molar-refractivity contribution in [2.24, 2.45) is 7.05 Å². The summed E-state index contributed by atoms with van der Waals surface area (Å²) in [4.78, 5) is 10.9. The second-order valence-corrected chi connectivity index (χ2v) is 5.06. The van der Waals surface area contributed by atoms with Crippen molar-refractivity contribution in [2.45, 2.75) is 25.4 Å². The van der Waals surface area contributed by atoms with Gasteiger partial charge in [-0.25, -0.2) is 9.97 Å². The van der Waals surface area contributed by atoms with E-state index >= 15 is 0 Å². The van der Waals surface area contributed by atoms with E-state index < -0.39 is 0 Å². The SMILES string of the molecule is Cn1nncc1CNC1CCCN(c2ncccn2)C1. The van der Waals surface area contributed by atoms with Crippen LogP contribution in [-0.2, 0) is 13.6 Å². The zero-order valence-corrected chi connectivity index (χ0v) is 11.6. The molecule has 0 radical (unpaired) electrons. The number of anilines is 1. The Kier molecular flexibility index (Phi) is 3.87. The molecule has 3 rings (SSSR count). The molecule has 0 aliphatic carbocycles. The fourth-order valence-electron chi connectivity index (χ4n) is 2.50. The van der Waals surface area contributed by atoms with Gasteiger partial charge in [0, 0.05) is 45.1 Å². The first-order valence-electron chi connectivity index (χ1n) is 6.92. The number of nitrogens with one attached hydrogen (secondary N) is 1. The number of rotatable bonds is 4. The minimum atomic E-state index is 0.447. The van der Waals surface area contributed by atoms with Crippen LogP contribution in [-0.4, -0.2) is 44.1 Å². The zero-order chi connectivity index (χ0) is 13.8. The van der Waals surface area contributed by atoms with E-state index in [-0.39, 0.29) is 0 Å². The van der Waals surface area contributed by atoms with Crippen LogP contribution in [0.5, 0.6) is 0 Å². The summed E-state index contributed by atoms with van der Waals surface area (Å²) >= 11 is 0. The quantitative estimate of drug-likeness (QED) is 0.867. The van der Waals surface area contributed by atoms with Crippen LogP contribution in [0.25, 0.3) is 0 Å². The third-order valence-electron chi connectivity index (χ3n) is 3.64. The number of hydrogen-bond donors (Lipinski definition) is 1. The standard InChI is InChI=1S/C13H19N7/c1-19-12(9-17-18-19)8-16-11-4-2-7-20(10-11)13-14-5-3-6-15-13/h3,5-6,9,11,16H,2,4,7-8,10H2,1H3. The predicted molar refractivity (Wildman–Crippen MR) is 75.1 cm³/mol. The highest BCUT2D eigenvalue weighted by Crippen LogP contribution is 2.15. The highest BCUT2D eigenvalue weighted by Gasteiger charge is 2.21. The summed E-state index contributed by atoms with van der Waals surface area (Å²) in [6.45, 7) is 2.75. The maximum absolute atomic E-state index is 4.32. The van der Waals surface area contributed by atoms with Crippen molar-refractivity contribution in [3.63, 3.8) is 0 Å². The Morgan fingerprint density at radius 3 is 2.95 bits per heavy atom. The van der Waals surface area contributed by atoms with Crippen LogP contribution in [0.3, 0.4) is 0 Å². The normalized spacial score (nSPS) is 19.2. The van der Waals surface area contributed by atoms with E-state index in [0.717, 1.165) is 37.7 Å². The molecule has 0 aromatic carbocycles. The number of aryl methyl sites for hydroxylation is 1. The molecule has 0 bridgehead atoms.